The van der Waals surface area contributed by atoms with Crippen molar-refractivity contribution in [1.29, 1.82) is 0 Å². The molecule has 3 amide bonds. The lowest BCUT2D eigenvalue weighted by atomic mass is 9.95. The number of carbonyl (C=O) groups is 2. The molecule has 0 spiro atoms. The van der Waals surface area contributed by atoms with Gasteiger partial charge in [0.1, 0.15) is 0 Å². The highest BCUT2D eigenvalue weighted by Crippen LogP contribution is 2.33. The minimum Gasteiger partial charge on any atom is -0.338 e. The lowest BCUT2D eigenvalue weighted by molar-refractivity contribution is -0.125. The van der Waals surface area contributed by atoms with Crippen LogP contribution in [0.3, 0.4) is 0 Å². The fraction of sp³-hybridized carbons (Fsp3) is 0.846. The van der Waals surface area contributed by atoms with Crippen LogP contribution < -0.4 is 16.0 Å². The first-order valence-electron chi connectivity index (χ1n) is 7.09. The van der Waals surface area contributed by atoms with E-state index in [0.717, 1.165) is 19.6 Å². The second-order valence-electron chi connectivity index (χ2n) is 5.54. The second-order valence-corrected chi connectivity index (χ2v) is 5.54. The van der Waals surface area contributed by atoms with E-state index in [4.69, 9.17) is 0 Å². The van der Waals surface area contributed by atoms with Gasteiger partial charge in [0, 0.05) is 19.1 Å². The molecule has 0 aromatic carbocycles. The van der Waals surface area contributed by atoms with E-state index in [-0.39, 0.29) is 11.9 Å². The van der Waals surface area contributed by atoms with Gasteiger partial charge in [0.15, 0.2) is 0 Å². The van der Waals surface area contributed by atoms with Gasteiger partial charge in [-0.05, 0) is 45.7 Å². The predicted molar refractivity (Wildman–Crippen MR) is 72.7 cm³/mol. The van der Waals surface area contributed by atoms with Crippen molar-refractivity contribution < 1.29 is 9.59 Å². The molecule has 2 aliphatic rings. The number of fused-ring (bicyclic) bond motifs is 1. The van der Waals surface area contributed by atoms with E-state index in [1.165, 1.54) is 0 Å². The molecule has 2 rings (SSSR count). The summed E-state index contributed by atoms with van der Waals surface area (Å²) in [4.78, 5) is 25.6. The van der Waals surface area contributed by atoms with Crippen molar-refractivity contribution in [2.24, 2.45) is 11.8 Å². The van der Waals surface area contributed by atoms with Crippen LogP contribution in [-0.4, -0.2) is 55.1 Å². The van der Waals surface area contributed by atoms with Crippen molar-refractivity contribution in [3.05, 3.63) is 0 Å². The molecule has 0 aromatic heterocycles. The van der Waals surface area contributed by atoms with Gasteiger partial charge >= 0.3 is 6.03 Å². The number of rotatable bonds is 3. The SMILES string of the molecule is CCNC(=O)NC(=O)C(C)N1CC2CNCC2C1C. The van der Waals surface area contributed by atoms with Crippen LogP contribution in [0.1, 0.15) is 20.8 Å². The van der Waals surface area contributed by atoms with Crippen LogP contribution in [0.25, 0.3) is 0 Å². The van der Waals surface area contributed by atoms with Crippen molar-refractivity contribution in [3.8, 4) is 0 Å². The Bertz CT molecular complexity index is 361. The smallest absolute Gasteiger partial charge is 0.321 e. The summed E-state index contributed by atoms with van der Waals surface area (Å²) in [6.45, 7) is 9.40. The maximum Gasteiger partial charge on any atom is 0.321 e. The largest absolute Gasteiger partial charge is 0.338 e. The Labute approximate surface area is 114 Å². The van der Waals surface area contributed by atoms with Gasteiger partial charge in [0.2, 0.25) is 5.91 Å². The molecule has 2 heterocycles. The summed E-state index contributed by atoms with van der Waals surface area (Å²) in [6, 6.07) is -0.286. The van der Waals surface area contributed by atoms with E-state index >= 15 is 0 Å². The van der Waals surface area contributed by atoms with E-state index < -0.39 is 6.03 Å². The maximum atomic E-state index is 12.1. The molecule has 3 N–H and O–H groups in total. The summed E-state index contributed by atoms with van der Waals surface area (Å²) in [5.41, 5.74) is 0. The zero-order chi connectivity index (χ0) is 14.0. The normalized spacial score (nSPS) is 31.8. The number of hydrogen-bond donors (Lipinski definition) is 3. The zero-order valence-electron chi connectivity index (χ0n) is 11.9. The molecule has 0 aliphatic carbocycles. The maximum absolute atomic E-state index is 12.1. The third-order valence-electron chi connectivity index (χ3n) is 4.43. The van der Waals surface area contributed by atoms with E-state index in [2.05, 4.69) is 27.8 Å². The fourth-order valence-corrected chi connectivity index (χ4v) is 3.28. The van der Waals surface area contributed by atoms with E-state index in [1.54, 1.807) is 0 Å². The molecule has 108 valence electrons. The van der Waals surface area contributed by atoms with Gasteiger partial charge in [-0.15, -0.1) is 0 Å². The summed E-state index contributed by atoms with van der Waals surface area (Å²) in [5.74, 6) is 1.04. The Balaban J connectivity index is 1.91. The van der Waals surface area contributed by atoms with Crippen LogP contribution >= 0.6 is 0 Å². The number of hydrogen-bond acceptors (Lipinski definition) is 4. The van der Waals surface area contributed by atoms with Gasteiger partial charge in [-0.2, -0.15) is 0 Å². The number of nitrogens with zero attached hydrogens (tertiary/aromatic N) is 1. The number of urea groups is 1. The summed E-state index contributed by atoms with van der Waals surface area (Å²) >= 11 is 0. The fourth-order valence-electron chi connectivity index (χ4n) is 3.28. The van der Waals surface area contributed by atoms with E-state index in [9.17, 15) is 9.59 Å². The topological polar surface area (TPSA) is 73.5 Å². The lowest BCUT2D eigenvalue weighted by Crippen LogP contribution is -2.51. The number of likely N-dealkylation sites (tertiary alicyclic amines) is 1. The Kier molecular flexibility index (Phi) is 4.42. The number of carbonyl (C=O) groups excluding carboxylic acids is 2. The summed E-state index contributed by atoms with van der Waals surface area (Å²) in [7, 11) is 0. The number of amides is 3. The Hall–Kier alpha value is -1.14. The third-order valence-corrected chi connectivity index (χ3v) is 4.43. The Morgan fingerprint density at radius 1 is 1.42 bits per heavy atom. The molecule has 6 nitrogen and oxygen atoms in total. The van der Waals surface area contributed by atoms with E-state index in [0.29, 0.717) is 24.4 Å². The first-order valence-corrected chi connectivity index (χ1v) is 7.09. The summed E-state index contributed by atoms with van der Waals surface area (Å²) < 4.78 is 0. The molecule has 0 radical (unpaired) electrons. The van der Waals surface area contributed by atoms with Crippen molar-refractivity contribution in [1.82, 2.24) is 20.9 Å². The van der Waals surface area contributed by atoms with Crippen LogP contribution in [-0.2, 0) is 4.79 Å². The highest BCUT2D eigenvalue weighted by Gasteiger charge is 2.44. The standard InChI is InChI=1S/C13H24N4O2/c1-4-15-13(19)16-12(18)9(3)17-7-10-5-14-6-11(10)8(17)2/h8-11,14H,4-7H2,1-3H3,(H2,15,16,18,19). The molecule has 19 heavy (non-hydrogen) atoms. The molecule has 0 bridgehead atoms. The van der Waals surface area contributed by atoms with Gasteiger partial charge in [-0.25, -0.2) is 4.79 Å². The van der Waals surface area contributed by atoms with Crippen molar-refractivity contribution in [2.45, 2.75) is 32.9 Å². The molecule has 2 saturated heterocycles. The van der Waals surface area contributed by atoms with Crippen LogP contribution in [0.4, 0.5) is 4.79 Å². The zero-order valence-corrected chi connectivity index (χ0v) is 11.9. The first-order chi connectivity index (χ1) is 9.04. The molecule has 4 unspecified atom stereocenters. The third kappa shape index (κ3) is 2.90. The number of nitrogens with one attached hydrogen (secondary N) is 3. The van der Waals surface area contributed by atoms with Gasteiger partial charge in [-0.3, -0.25) is 15.0 Å². The quantitative estimate of drug-likeness (QED) is 0.660. The molecule has 6 heteroatoms. The highest BCUT2D eigenvalue weighted by atomic mass is 16.2. The minimum atomic E-state index is -0.409. The highest BCUT2D eigenvalue weighted by molar-refractivity contribution is 5.96. The summed E-state index contributed by atoms with van der Waals surface area (Å²) in [6.07, 6.45) is 0. The van der Waals surface area contributed by atoms with E-state index in [1.807, 2.05) is 13.8 Å². The molecule has 4 atom stereocenters. The van der Waals surface area contributed by atoms with Gasteiger partial charge in [0.05, 0.1) is 6.04 Å². The van der Waals surface area contributed by atoms with Crippen LogP contribution in [0.5, 0.6) is 0 Å². The second kappa shape index (κ2) is 5.88. The molecule has 2 aliphatic heterocycles. The predicted octanol–water partition coefficient (Wildman–Crippen LogP) is -0.240. The molecule has 0 aromatic rings. The average Bonchev–Trinajstić information content (AvgIpc) is 2.92. The van der Waals surface area contributed by atoms with Crippen LogP contribution in [0.15, 0.2) is 0 Å². The van der Waals surface area contributed by atoms with Crippen LogP contribution in [0, 0.1) is 11.8 Å². The Morgan fingerprint density at radius 3 is 2.79 bits per heavy atom. The van der Waals surface area contributed by atoms with Crippen molar-refractivity contribution in [3.63, 3.8) is 0 Å². The molecular formula is C13H24N4O2. The van der Waals surface area contributed by atoms with Gasteiger partial charge < -0.3 is 10.6 Å². The Morgan fingerprint density at radius 2 is 2.16 bits per heavy atom. The monoisotopic (exact) mass is 268 g/mol. The van der Waals surface area contributed by atoms with Gasteiger partial charge in [-0.1, -0.05) is 0 Å². The first kappa shape index (κ1) is 14.3. The molecule has 2 fully saturated rings. The van der Waals surface area contributed by atoms with Crippen LogP contribution in [0.2, 0.25) is 0 Å². The average molecular weight is 268 g/mol. The lowest BCUT2D eigenvalue weighted by Gasteiger charge is -2.29. The molecule has 0 saturated carbocycles. The van der Waals surface area contributed by atoms with Gasteiger partial charge in [0.25, 0.3) is 0 Å². The van der Waals surface area contributed by atoms with Crippen molar-refractivity contribution >= 4 is 11.9 Å². The number of imide groups is 1. The minimum absolute atomic E-state index is 0.217. The molecular weight excluding hydrogens is 244 g/mol. The van der Waals surface area contributed by atoms with Crippen molar-refractivity contribution in [2.75, 3.05) is 26.2 Å². The summed E-state index contributed by atoms with van der Waals surface area (Å²) in [5, 5.41) is 8.37.